The molecule has 0 heterocycles. The summed E-state index contributed by atoms with van der Waals surface area (Å²) >= 11 is 0. The van der Waals surface area contributed by atoms with Gasteiger partial charge in [0.1, 0.15) is 0 Å². The highest BCUT2D eigenvalue weighted by Gasteiger charge is 2.21. The van der Waals surface area contributed by atoms with Crippen LogP contribution in [0.2, 0.25) is 0 Å². The standard InChI is InChI=1S/C17H33NO/c1-2-3-4-5-6-7-8-9-12-15-18-17(19)16-13-10-11-14-16/h16H,2-15H2,1H3,(H,18,19). The molecule has 112 valence electrons. The van der Waals surface area contributed by atoms with Crippen LogP contribution >= 0.6 is 0 Å². The summed E-state index contributed by atoms with van der Waals surface area (Å²) < 4.78 is 0. The summed E-state index contributed by atoms with van der Waals surface area (Å²) in [6.45, 7) is 3.16. The minimum absolute atomic E-state index is 0.317. The number of carbonyl (C=O) groups excluding carboxylic acids is 1. The lowest BCUT2D eigenvalue weighted by molar-refractivity contribution is -0.124. The monoisotopic (exact) mass is 267 g/mol. The van der Waals surface area contributed by atoms with Crippen molar-refractivity contribution < 1.29 is 4.79 Å². The quantitative estimate of drug-likeness (QED) is 0.534. The Bertz CT molecular complexity index is 221. The zero-order valence-electron chi connectivity index (χ0n) is 12.9. The van der Waals surface area contributed by atoms with E-state index >= 15 is 0 Å². The number of rotatable bonds is 11. The van der Waals surface area contributed by atoms with E-state index in [9.17, 15) is 4.79 Å². The number of hydrogen-bond acceptors (Lipinski definition) is 1. The molecule has 0 aromatic carbocycles. The first-order valence-corrected chi connectivity index (χ1v) is 8.62. The highest BCUT2D eigenvalue weighted by molar-refractivity contribution is 5.78. The van der Waals surface area contributed by atoms with Gasteiger partial charge < -0.3 is 5.32 Å². The van der Waals surface area contributed by atoms with Crippen LogP contribution in [0.1, 0.15) is 90.4 Å². The van der Waals surface area contributed by atoms with E-state index in [0.717, 1.165) is 25.8 Å². The van der Waals surface area contributed by atoms with E-state index in [2.05, 4.69) is 12.2 Å². The highest BCUT2D eigenvalue weighted by Crippen LogP contribution is 2.24. The lowest BCUT2D eigenvalue weighted by Crippen LogP contribution is -2.30. The van der Waals surface area contributed by atoms with Gasteiger partial charge in [0.2, 0.25) is 5.91 Å². The molecule has 1 aliphatic rings. The lowest BCUT2D eigenvalue weighted by Gasteiger charge is -2.10. The van der Waals surface area contributed by atoms with E-state index in [0.29, 0.717) is 11.8 Å². The molecule has 1 fully saturated rings. The van der Waals surface area contributed by atoms with Crippen molar-refractivity contribution >= 4 is 5.91 Å². The minimum atomic E-state index is 0.317. The largest absolute Gasteiger partial charge is 0.356 e. The van der Waals surface area contributed by atoms with Crippen molar-refractivity contribution in [3.8, 4) is 0 Å². The number of nitrogens with one attached hydrogen (secondary N) is 1. The van der Waals surface area contributed by atoms with Crippen LogP contribution in [-0.4, -0.2) is 12.5 Å². The van der Waals surface area contributed by atoms with Gasteiger partial charge in [-0.25, -0.2) is 0 Å². The van der Waals surface area contributed by atoms with Gasteiger partial charge in [0, 0.05) is 12.5 Å². The Morgan fingerprint density at radius 1 is 0.895 bits per heavy atom. The lowest BCUT2D eigenvalue weighted by atomic mass is 10.1. The topological polar surface area (TPSA) is 29.1 Å². The van der Waals surface area contributed by atoms with Crippen LogP contribution in [0.5, 0.6) is 0 Å². The summed E-state index contributed by atoms with van der Waals surface area (Å²) in [7, 11) is 0. The second-order valence-corrected chi connectivity index (χ2v) is 6.10. The van der Waals surface area contributed by atoms with Gasteiger partial charge >= 0.3 is 0 Å². The van der Waals surface area contributed by atoms with Crippen LogP contribution in [0.25, 0.3) is 0 Å². The molecule has 0 aromatic rings. The van der Waals surface area contributed by atoms with Crippen LogP contribution < -0.4 is 5.32 Å². The molecule has 1 saturated carbocycles. The van der Waals surface area contributed by atoms with E-state index < -0.39 is 0 Å². The Morgan fingerprint density at radius 3 is 2.00 bits per heavy atom. The van der Waals surface area contributed by atoms with Gasteiger partial charge in [-0.15, -0.1) is 0 Å². The Hall–Kier alpha value is -0.530. The third-order valence-electron chi connectivity index (χ3n) is 4.31. The molecule has 0 aliphatic heterocycles. The zero-order valence-corrected chi connectivity index (χ0v) is 12.9. The predicted octanol–water partition coefficient (Wildman–Crippen LogP) is 4.82. The summed E-state index contributed by atoms with van der Waals surface area (Å²) in [5, 5.41) is 3.10. The van der Waals surface area contributed by atoms with Crippen molar-refractivity contribution in [3.63, 3.8) is 0 Å². The van der Waals surface area contributed by atoms with E-state index in [4.69, 9.17) is 0 Å². The minimum Gasteiger partial charge on any atom is -0.356 e. The molecule has 1 amide bonds. The van der Waals surface area contributed by atoms with Crippen LogP contribution in [-0.2, 0) is 4.79 Å². The van der Waals surface area contributed by atoms with Gasteiger partial charge in [0.15, 0.2) is 0 Å². The molecule has 1 aliphatic carbocycles. The maximum atomic E-state index is 11.8. The first kappa shape index (κ1) is 16.5. The molecule has 0 spiro atoms. The summed E-state index contributed by atoms with van der Waals surface area (Å²) in [6, 6.07) is 0. The molecule has 0 aromatic heterocycles. The van der Waals surface area contributed by atoms with Gasteiger partial charge in [-0.05, 0) is 19.3 Å². The SMILES string of the molecule is CCCCCCCCCCCNC(=O)C1CCCC1. The molecule has 2 heteroatoms. The smallest absolute Gasteiger partial charge is 0.223 e. The van der Waals surface area contributed by atoms with Crippen LogP contribution in [0.15, 0.2) is 0 Å². The Balaban J connectivity index is 1.79. The van der Waals surface area contributed by atoms with Gasteiger partial charge in [-0.2, -0.15) is 0 Å². The van der Waals surface area contributed by atoms with Crippen molar-refractivity contribution in [2.24, 2.45) is 5.92 Å². The zero-order chi connectivity index (χ0) is 13.8. The summed E-state index contributed by atoms with van der Waals surface area (Å²) in [6.07, 6.45) is 16.8. The van der Waals surface area contributed by atoms with Gasteiger partial charge in [0.05, 0.1) is 0 Å². The fourth-order valence-electron chi connectivity index (χ4n) is 2.98. The van der Waals surface area contributed by atoms with Crippen molar-refractivity contribution in [1.29, 1.82) is 0 Å². The molecular weight excluding hydrogens is 234 g/mol. The van der Waals surface area contributed by atoms with Crippen LogP contribution in [0.4, 0.5) is 0 Å². The van der Waals surface area contributed by atoms with Crippen molar-refractivity contribution in [1.82, 2.24) is 5.32 Å². The fourth-order valence-corrected chi connectivity index (χ4v) is 2.98. The first-order chi connectivity index (χ1) is 9.34. The molecular formula is C17H33NO. The maximum absolute atomic E-state index is 11.8. The summed E-state index contributed by atoms with van der Waals surface area (Å²) in [4.78, 5) is 11.8. The Labute approximate surface area is 119 Å². The van der Waals surface area contributed by atoms with Gasteiger partial charge in [-0.3, -0.25) is 4.79 Å². The van der Waals surface area contributed by atoms with Crippen LogP contribution in [0.3, 0.4) is 0 Å². The maximum Gasteiger partial charge on any atom is 0.223 e. The van der Waals surface area contributed by atoms with Crippen molar-refractivity contribution in [2.45, 2.75) is 90.4 Å². The van der Waals surface area contributed by atoms with E-state index in [1.54, 1.807) is 0 Å². The average molecular weight is 267 g/mol. The number of amides is 1. The highest BCUT2D eigenvalue weighted by atomic mass is 16.1. The van der Waals surface area contributed by atoms with E-state index in [1.165, 1.54) is 64.2 Å². The summed E-state index contributed by atoms with van der Waals surface area (Å²) in [5.74, 6) is 0.649. The third kappa shape index (κ3) is 8.28. The van der Waals surface area contributed by atoms with Gasteiger partial charge in [-0.1, -0.05) is 71.1 Å². The molecule has 0 saturated heterocycles. The Morgan fingerprint density at radius 2 is 1.42 bits per heavy atom. The molecule has 0 bridgehead atoms. The van der Waals surface area contributed by atoms with Crippen molar-refractivity contribution in [2.75, 3.05) is 6.54 Å². The average Bonchev–Trinajstić information content (AvgIpc) is 2.95. The normalized spacial score (nSPS) is 15.8. The molecule has 0 radical (unpaired) electrons. The van der Waals surface area contributed by atoms with Gasteiger partial charge in [0.25, 0.3) is 0 Å². The molecule has 1 rings (SSSR count). The fraction of sp³-hybridized carbons (Fsp3) is 0.941. The number of carbonyl (C=O) groups is 1. The van der Waals surface area contributed by atoms with Crippen molar-refractivity contribution in [3.05, 3.63) is 0 Å². The number of unbranched alkanes of at least 4 members (excludes halogenated alkanes) is 8. The second-order valence-electron chi connectivity index (χ2n) is 6.10. The first-order valence-electron chi connectivity index (χ1n) is 8.62. The second kappa shape index (κ2) is 11.3. The Kier molecular flexibility index (Phi) is 9.84. The predicted molar refractivity (Wildman–Crippen MR) is 82.2 cm³/mol. The summed E-state index contributed by atoms with van der Waals surface area (Å²) in [5.41, 5.74) is 0. The van der Waals surface area contributed by atoms with E-state index in [1.807, 2.05) is 0 Å². The third-order valence-corrected chi connectivity index (χ3v) is 4.31. The van der Waals surface area contributed by atoms with Crippen LogP contribution in [0, 0.1) is 5.92 Å². The number of hydrogen-bond donors (Lipinski definition) is 1. The van der Waals surface area contributed by atoms with E-state index in [-0.39, 0.29) is 0 Å². The molecule has 0 unspecified atom stereocenters. The molecule has 2 nitrogen and oxygen atoms in total. The molecule has 19 heavy (non-hydrogen) atoms. The molecule has 0 atom stereocenters. The molecule has 1 N–H and O–H groups in total.